The molecule has 2 aromatic rings. The molecule has 0 radical (unpaired) electrons. The number of benzene rings is 1. The maximum atomic E-state index is 6.03. The van der Waals surface area contributed by atoms with Crippen LogP contribution in [0.15, 0.2) is 58.4 Å². The zero-order valence-corrected chi connectivity index (χ0v) is 14.8. The molecule has 0 saturated heterocycles. The van der Waals surface area contributed by atoms with Gasteiger partial charge in [0, 0.05) is 24.2 Å². The summed E-state index contributed by atoms with van der Waals surface area (Å²) in [6.07, 6.45) is 4.07. The summed E-state index contributed by atoms with van der Waals surface area (Å²) in [4.78, 5) is 7.42. The first-order valence-corrected chi connectivity index (χ1v) is 8.44. The number of allylic oxidation sites excluding steroid dienone is 1. The second kappa shape index (κ2) is 8.04. The first-order valence-electron chi connectivity index (χ1n) is 7.56. The van der Waals surface area contributed by atoms with Crippen molar-refractivity contribution in [2.24, 2.45) is 10.7 Å². The number of likely N-dealkylation sites (N-methyl/N-ethyl adjacent to an activating group) is 1. The first-order chi connectivity index (χ1) is 11.0. The van der Waals surface area contributed by atoms with Crippen molar-refractivity contribution in [1.82, 2.24) is 9.47 Å². The van der Waals surface area contributed by atoms with Gasteiger partial charge in [-0.25, -0.2) is 4.99 Å². The van der Waals surface area contributed by atoms with Gasteiger partial charge in [0.05, 0.1) is 11.2 Å². The molecule has 2 rings (SSSR count). The molecule has 0 aliphatic carbocycles. The molecule has 0 aliphatic rings. The van der Waals surface area contributed by atoms with Gasteiger partial charge in [-0.1, -0.05) is 30.5 Å². The van der Waals surface area contributed by atoms with Crippen molar-refractivity contribution in [2.45, 2.75) is 13.5 Å². The molecule has 0 saturated carbocycles. The van der Waals surface area contributed by atoms with Crippen molar-refractivity contribution in [3.05, 3.63) is 53.4 Å². The average Bonchev–Trinajstić information content (AvgIpc) is 2.92. The SMILES string of the molecule is C=C(S/C=C\C)C(N)=Nc1ccc2ccn(CCN(C)C)c2c1. The number of aromatic nitrogens is 1. The number of thioether (sulfide) groups is 1. The van der Waals surface area contributed by atoms with Crippen LogP contribution in [0.3, 0.4) is 0 Å². The Hall–Kier alpha value is -1.98. The molecule has 1 heterocycles. The summed E-state index contributed by atoms with van der Waals surface area (Å²) in [5, 5.41) is 3.16. The molecule has 0 bridgehead atoms. The van der Waals surface area contributed by atoms with E-state index in [-0.39, 0.29) is 0 Å². The highest BCUT2D eigenvalue weighted by Crippen LogP contribution is 2.24. The van der Waals surface area contributed by atoms with Crippen LogP contribution in [-0.4, -0.2) is 35.9 Å². The van der Waals surface area contributed by atoms with E-state index >= 15 is 0 Å². The molecule has 2 N–H and O–H groups in total. The van der Waals surface area contributed by atoms with E-state index in [4.69, 9.17) is 5.73 Å². The minimum Gasteiger partial charge on any atom is -0.383 e. The summed E-state index contributed by atoms with van der Waals surface area (Å²) in [6, 6.07) is 8.27. The molecule has 0 fully saturated rings. The third kappa shape index (κ3) is 4.74. The smallest absolute Gasteiger partial charge is 0.137 e. The minimum absolute atomic E-state index is 0.457. The van der Waals surface area contributed by atoms with Crippen LogP contribution in [0.25, 0.3) is 10.9 Å². The molecular weight excluding hydrogens is 304 g/mol. The molecule has 122 valence electrons. The van der Waals surface area contributed by atoms with E-state index in [0.29, 0.717) is 5.84 Å². The summed E-state index contributed by atoms with van der Waals surface area (Å²) in [6.45, 7) is 7.86. The molecule has 0 amide bonds. The fourth-order valence-electron chi connectivity index (χ4n) is 2.16. The largest absolute Gasteiger partial charge is 0.383 e. The molecule has 0 unspecified atom stereocenters. The molecular formula is C18H24N4S. The van der Waals surface area contributed by atoms with Gasteiger partial charge in [0.25, 0.3) is 0 Å². The van der Waals surface area contributed by atoms with E-state index < -0.39 is 0 Å². The Morgan fingerprint density at radius 1 is 1.39 bits per heavy atom. The lowest BCUT2D eigenvalue weighted by molar-refractivity contribution is 0.387. The van der Waals surface area contributed by atoms with E-state index in [9.17, 15) is 0 Å². The Balaban J connectivity index is 2.24. The van der Waals surface area contributed by atoms with Crippen LogP contribution >= 0.6 is 11.8 Å². The van der Waals surface area contributed by atoms with Crippen molar-refractivity contribution in [3.63, 3.8) is 0 Å². The number of nitrogens with two attached hydrogens (primary N) is 1. The topological polar surface area (TPSA) is 46.5 Å². The molecule has 0 atom stereocenters. The standard InChI is InChI=1S/C18H24N4S/c1-5-12-23-14(2)18(19)20-16-7-6-15-8-9-22(17(15)13-16)11-10-21(3)4/h5-9,12-13H,2,10-11H2,1,3-4H3,(H2,19,20)/b12-5-. The number of fused-ring (bicyclic) bond motifs is 1. The normalized spacial score (nSPS) is 12.6. The Bertz CT molecular complexity index is 741. The number of amidine groups is 1. The highest BCUT2D eigenvalue weighted by Gasteiger charge is 2.04. The van der Waals surface area contributed by atoms with E-state index in [1.807, 2.05) is 24.5 Å². The van der Waals surface area contributed by atoms with Crippen LogP contribution in [0.4, 0.5) is 5.69 Å². The fourth-order valence-corrected chi connectivity index (χ4v) is 2.62. The van der Waals surface area contributed by atoms with E-state index in [1.54, 1.807) is 0 Å². The van der Waals surface area contributed by atoms with Crippen LogP contribution in [0.5, 0.6) is 0 Å². The average molecular weight is 328 g/mol. The summed E-state index contributed by atoms with van der Waals surface area (Å²) in [5.41, 5.74) is 8.05. The number of hydrogen-bond donors (Lipinski definition) is 1. The van der Waals surface area contributed by atoms with Crippen molar-refractivity contribution in [2.75, 3.05) is 20.6 Å². The van der Waals surface area contributed by atoms with Crippen LogP contribution in [0, 0.1) is 0 Å². The highest BCUT2D eigenvalue weighted by molar-refractivity contribution is 8.06. The summed E-state index contributed by atoms with van der Waals surface area (Å²) in [7, 11) is 4.16. The summed E-state index contributed by atoms with van der Waals surface area (Å²) in [5.74, 6) is 0.457. The molecule has 0 spiro atoms. The molecule has 1 aromatic heterocycles. The van der Waals surface area contributed by atoms with Crippen LogP contribution < -0.4 is 5.73 Å². The third-order valence-corrected chi connectivity index (χ3v) is 4.33. The monoisotopic (exact) mass is 328 g/mol. The number of aliphatic imine (C=N–C) groups is 1. The fraction of sp³-hybridized carbons (Fsp3) is 0.278. The van der Waals surface area contributed by atoms with Gasteiger partial charge < -0.3 is 15.2 Å². The van der Waals surface area contributed by atoms with Crippen molar-refractivity contribution in [3.8, 4) is 0 Å². The van der Waals surface area contributed by atoms with Gasteiger partial charge in [-0.05, 0) is 50.0 Å². The summed E-state index contributed by atoms with van der Waals surface area (Å²) >= 11 is 1.48. The predicted octanol–water partition coefficient (Wildman–Crippen LogP) is 3.97. The maximum Gasteiger partial charge on any atom is 0.137 e. The lowest BCUT2D eigenvalue weighted by Gasteiger charge is -2.11. The van der Waals surface area contributed by atoms with E-state index in [1.165, 1.54) is 22.7 Å². The number of rotatable bonds is 7. The Morgan fingerprint density at radius 3 is 2.87 bits per heavy atom. The molecule has 1 aromatic carbocycles. The lowest BCUT2D eigenvalue weighted by Crippen LogP contribution is -2.17. The third-order valence-electron chi connectivity index (χ3n) is 3.43. The highest BCUT2D eigenvalue weighted by atomic mass is 32.2. The van der Waals surface area contributed by atoms with Gasteiger partial charge >= 0.3 is 0 Å². The second-order valence-corrected chi connectivity index (χ2v) is 6.56. The van der Waals surface area contributed by atoms with Crippen LogP contribution in [-0.2, 0) is 6.54 Å². The van der Waals surface area contributed by atoms with Gasteiger partial charge in [0.15, 0.2) is 0 Å². The molecule has 23 heavy (non-hydrogen) atoms. The zero-order chi connectivity index (χ0) is 16.8. The second-order valence-electron chi connectivity index (χ2n) is 5.56. The van der Waals surface area contributed by atoms with Gasteiger partial charge in [-0.3, -0.25) is 0 Å². The minimum atomic E-state index is 0.457. The Morgan fingerprint density at radius 2 is 2.17 bits per heavy atom. The van der Waals surface area contributed by atoms with Crippen molar-refractivity contribution >= 4 is 34.2 Å². The maximum absolute atomic E-state index is 6.03. The summed E-state index contributed by atoms with van der Waals surface area (Å²) < 4.78 is 2.24. The first kappa shape index (κ1) is 17.4. The number of nitrogens with zero attached hydrogens (tertiary/aromatic N) is 3. The van der Waals surface area contributed by atoms with Crippen molar-refractivity contribution in [1.29, 1.82) is 0 Å². The van der Waals surface area contributed by atoms with Crippen LogP contribution in [0.2, 0.25) is 0 Å². The van der Waals surface area contributed by atoms with Gasteiger partial charge in [0.1, 0.15) is 5.84 Å². The van der Waals surface area contributed by atoms with Gasteiger partial charge in [0.2, 0.25) is 0 Å². The molecule has 4 nitrogen and oxygen atoms in total. The lowest BCUT2D eigenvalue weighted by atomic mass is 10.2. The zero-order valence-electron chi connectivity index (χ0n) is 14.0. The van der Waals surface area contributed by atoms with Crippen molar-refractivity contribution < 1.29 is 0 Å². The van der Waals surface area contributed by atoms with E-state index in [2.05, 4.69) is 59.5 Å². The quantitative estimate of drug-likeness (QED) is 0.618. The van der Waals surface area contributed by atoms with Crippen LogP contribution in [0.1, 0.15) is 6.92 Å². The Labute approximate surface area is 142 Å². The number of hydrogen-bond acceptors (Lipinski definition) is 3. The molecule has 5 heteroatoms. The van der Waals surface area contributed by atoms with E-state index in [0.717, 1.165) is 23.7 Å². The van der Waals surface area contributed by atoms with Gasteiger partial charge in [-0.2, -0.15) is 0 Å². The Kier molecular flexibility index (Phi) is 6.07. The molecule has 0 aliphatic heterocycles. The predicted molar refractivity (Wildman–Crippen MR) is 103 cm³/mol. The van der Waals surface area contributed by atoms with Gasteiger partial charge in [-0.15, -0.1) is 0 Å².